The maximum absolute atomic E-state index is 5.79. The molecule has 0 aromatic heterocycles. The second-order valence-electron chi connectivity index (χ2n) is 4.27. The second kappa shape index (κ2) is 4.67. The smallest absolute Gasteiger partial charge is 0.0927 e. The van der Waals surface area contributed by atoms with Gasteiger partial charge in [0.1, 0.15) is 0 Å². The Kier molecular flexibility index (Phi) is 3.47. The molecule has 1 aromatic carbocycles. The van der Waals surface area contributed by atoms with Crippen molar-refractivity contribution in [2.24, 2.45) is 0 Å². The van der Waals surface area contributed by atoms with Gasteiger partial charge in [0, 0.05) is 11.6 Å². The van der Waals surface area contributed by atoms with Crippen molar-refractivity contribution in [2.45, 2.75) is 37.7 Å². The largest absolute Gasteiger partial charge is 0.374 e. The van der Waals surface area contributed by atoms with Crippen LogP contribution in [0.3, 0.4) is 0 Å². The third kappa shape index (κ3) is 2.26. The Hall–Kier alpha value is -0.340. The summed E-state index contributed by atoms with van der Waals surface area (Å²) in [7, 11) is 1.84. The van der Waals surface area contributed by atoms with E-state index in [1.807, 2.05) is 7.11 Å². The van der Waals surface area contributed by atoms with Crippen LogP contribution in [-0.2, 0) is 10.3 Å². The first-order valence-electron chi connectivity index (χ1n) is 5.58. The summed E-state index contributed by atoms with van der Waals surface area (Å²) in [5.74, 6) is 0. The van der Waals surface area contributed by atoms with Crippen LogP contribution in [0.4, 0.5) is 0 Å². The molecule has 1 nitrogen and oxygen atoms in total. The number of rotatable bonds is 2. The molecule has 0 saturated heterocycles. The van der Waals surface area contributed by atoms with Crippen molar-refractivity contribution >= 4 is 15.9 Å². The summed E-state index contributed by atoms with van der Waals surface area (Å²) in [6.45, 7) is 0. The molecule has 0 spiro atoms. The Labute approximate surface area is 100.0 Å². The fourth-order valence-electron chi connectivity index (χ4n) is 2.49. The standard InChI is InChI=1S/C13H17BrO/c1-15-13(9-3-2-4-10-13)11-5-7-12(14)8-6-11/h5-8H,2-4,9-10H2,1H3. The summed E-state index contributed by atoms with van der Waals surface area (Å²) in [5, 5.41) is 0. The molecule has 15 heavy (non-hydrogen) atoms. The van der Waals surface area contributed by atoms with E-state index < -0.39 is 0 Å². The van der Waals surface area contributed by atoms with Crippen LogP contribution in [0.15, 0.2) is 28.7 Å². The monoisotopic (exact) mass is 268 g/mol. The molecule has 1 fully saturated rings. The van der Waals surface area contributed by atoms with Gasteiger partial charge in [-0.15, -0.1) is 0 Å². The van der Waals surface area contributed by atoms with Crippen molar-refractivity contribution < 1.29 is 4.74 Å². The zero-order valence-corrected chi connectivity index (χ0v) is 10.7. The number of benzene rings is 1. The molecule has 0 bridgehead atoms. The molecule has 0 amide bonds. The average molecular weight is 269 g/mol. The third-order valence-electron chi connectivity index (χ3n) is 3.42. The van der Waals surface area contributed by atoms with E-state index in [-0.39, 0.29) is 5.60 Å². The SMILES string of the molecule is COC1(c2ccc(Br)cc2)CCCCC1. The summed E-state index contributed by atoms with van der Waals surface area (Å²) < 4.78 is 6.92. The van der Waals surface area contributed by atoms with Gasteiger partial charge < -0.3 is 4.74 Å². The average Bonchev–Trinajstić information content (AvgIpc) is 2.31. The molecule has 82 valence electrons. The van der Waals surface area contributed by atoms with E-state index >= 15 is 0 Å². The van der Waals surface area contributed by atoms with Crippen LogP contribution in [0.2, 0.25) is 0 Å². The zero-order valence-electron chi connectivity index (χ0n) is 9.13. The van der Waals surface area contributed by atoms with E-state index in [0.717, 1.165) is 17.3 Å². The maximum atomic E-state index is 5.79. The number of hydrogen-bond donors (Lipinski definition) is 0. The van der Waals surface area contributed by atoms with Crippen molar-refractivity contribution in [1.29, 1.82) is 0 Å². The molecule has 0 unspecified atom stereocenters. The van der Waals surface area contributed by atoms with Crippen molar-refractivity contribution in [3.8, 4) is 0 Å². The summed E-state index contributed by atoms with van der Waals surface area (Å²) in [4.78, 5) is 0. The van der Waals surface area contributed by atoms with E-state index in [1.54, 1.807) is 0 Å². The Morgan fingerprint density at radius 3 is 2.20 bits per heavy atom. The highest BCUT2D eigenvalue weighted by Crippen LogP contribution is 2.40. The van der Waals surface area contributed by atoms with Gasteiger partial charge in [0.25, 0.3) is 0 Å². The first kappa shape index (κ1) is 11.2. The van der Waals surface area contributed by atoms with Crippen LogP contribution in [0, 0.1) is 0 Å². The first-order valence-corrected chi connectivity index (χ1v) is 6.37. The topological polar surface area (TPSA) is 9.23 Å². The zero-order chi connectivity index (χ0) is 10.7. The van der Waals surface area contributed by atoms with E-state index in [0.29, 0.717) is 0 Å². The van der Waals surface area contributed by atoms with Crippen LogP contribution in [0.25, 0.3) is 0 Å². The fourth-order valence-corrected chi connectivity index (χ4v) is 2.75. The Balaban J connectivity index is 2.28. The summed E-state index contributed by atoms with van der Waals surface area (Å²) in [5.41, 5.74) is 1.31. The predicted molar refractivity (Wildman–Crippen MR) is 65.9 cm³/mol. The lowest BCUT2D eigenvalue weighted by atomic mass is 9.79. The minimum Gasteiger partial charge on any atom is -0.374 e. The quantitative estimate of drug-likeness (QED) is 0.779. The molecule has 1 aliphatic carbocycles. The summed E-state index contributed by atoms with van der Waals surface area (Å²) in [6, 6.07) is 8.56. The van der Waals surface area contributed by atoms with Crippen LogP contribution >= 0.6 is 15.9 Å². The molecule has 0 radical (unpaired) electrons. The molecule has 2 rings (SSSR count). The molecule has 1 saturated carbocycles. The molecule has 0 N–H and O–H groups in total. The molecule has 0 heterocycles. The summed E-state index contributed by atoms with van der Waals surface area (Å²) in [6.07, 6.45) is 6.23. The molecular weight excluding hydrogens is 252 g/mol. The van der Waals surface area contributed by atoms with E-state index in [4.69, 9.17) is 4.74 Å². The predicted octanol–water partition coefficient (Wildman–Crippen LogP) is 4.25. The van der Waals surface area contributed by atoms with Crippen LogP contribution in [0.5, 0.6) is 0 Å². The molecule has 2 heteroatoms. The lowest BCUT2D eigenvalue weighted by molar-refractivity contribution is -0.0445. The molecular formula is C13H17BrO. The van der Waals surface area contributed by atoms with Crippen molar-refractivity contribution in [1.82, 2.24) is 0 Å². The van der Waals surface area contributed by atoms with Gasteiger partial charge in [-0.2, -0.15) is 0 Å². The third-order valence-corrected chi connectivity index (χ3v) is 3.95. The number of hydrogen-bond acceptors (Lipinski definition) is 1. The minimum absolute atomic E-state index is 0.0149. The fraction of sp³-hybridized carbons (Fsp3) is 0.538. The van der Waals surface area contributed by atoms with Gasteiger partial charge in [-0.05, 0) is 30.5 Å². The van der Waals surface area contributed by atoms with Crippen molar-refractivity contribution in [2.75, 3.05) is 7.11 Å². The lowest BCUT2D eigenvalue weighted by Crippen LogP contribution is -2.30. The molecule has 1 aromatic rings. The van der Waals surface area contributed by atoms with Gasteiger partial charge in [-0.3, -0.25) is 0 Å². The van der Waals surface area contributed by atoms with Crippen LogP contribution in [-0.4, -0.2) is 7.11 Å². The highest BCUT2D eigenvalue weighted by Gasteiger charge is 2.33. The van der Waals surface area contributed by atoms with Crippen molar-refractivity contribution in [3.63, 3.8) is 0 Å². The van der Waals surface area contributed by atoms with Crippen molar-refractivity contribution in [3.05, 3.63) is 34.3 Å². The Morgan fingerprint density at radius 2 is 1.67 bits per heavy atom. The number of methoxy groups -OCH3 is 1. The van der Waals surface area contributed by atoms with Gasteiger partial charge in [0.15, 0.2) is 0 Å². The molecule has 0 atom stereocenters. The van der Waals surface area contributed by atoms with Gasteiger partial charge in [0.05, 0.1) is 5.60 Å². The van der Waals surface area contributed by atoms with E-state index in [1.165, 1.54) is 24.8 Å². The lowest BCUT2D eigenvalue weighted by Gasteiger charge is -2.36. The first-order chi connectivity index (χ1) is 7.27. The number of ether oxygens (including phenoxy) is 1. The Morgan fingerprint density at radius 1 is 1.07 bits per heavy atom. The van der Waals surface area contributed by atoms with Gasteiger partial charge in [-0.25, -0.2) is 0 Å². The van der Waals surface area contributed by atoms with Gasteiger partial charge in [0.2, 0.25) is 0 Å². The highest BCUT2D eigenvalue weighted by molar-refractivity contribution is 9.10. The van der Waals surface area contributed by atoms with E-state index in [9.17, 15) is 0 Å². The molecule has 1 aliphatic rings. The van der Waals surface area contributed by atoms with Crippen LogP contribution < -0.4 is 0 Å². The maximum Gasteiger partial charge on any atom is 0.0927 e. The minimum atomic E-state index is -0.0149. The molecule has 0 aliphatic heterocycles. The second-order valence-corrected chi connectivity index (χ2v) is 5.18. The normalized spacial score (nSPS) is 20.1. The van der Waals surface area contributed by atoms with E-state index in [2.05, 4.69) is 40.2 Å². The Bertz CT molecular complexity index is 312. The van der Waals surface area contributed by atoms with Gasteiger partial charge in [-0.1, -0.05) is 47.3 Å². The van der Waals surface area contributed by atoms with Crippen LogP contribution in [0.1, 0.15) is 37.7 Å². The summed E-state index contributed by atoms with van der Waals surface area (Å²) >= 11 is 3.47. The number of halogens is 1. The van der Waals surface area contributed by atoms with Gasteiger partial charge >= 0.3 is 0 Å². The highest BCUT2D eigenvalue weighted by atomic mass is 79.9.